The summed E-state index contributed by atoms with van der Waals surface area (Å²) in [5.41, 5.74) is 0. The van der Waals surface area contributed by atoms with E-state index in [1.165, 1.54) is 75.5 Å². The zero-order valence-corrected chi connectivity index (χ0v) is 21.3. The van der Waals surface area contributed by atoms with Gasteiger partial charge in [-0.25, -0.2) is 0 Å². The molecule has 0 saturated carbocycles. The number of unbranched alkanes of at least 4 members (excludes halogenated alkanes) is 15. The first-order valence-corrected chi connectivity index (χ1v) is 14.8. The zero-order chi connectivity index (χ0) is 23.5. The summed E-state index contributed by atoms with van der Waals surface area (Å²) in [5, 5.41) is 0. The third kappa shape index (κ3) is 16.7. The summed E-state index contributed by atoms with van der Waals surface area (Å²) in [4.78, 5) is 1.33. The lowest BCUT2D eigenvalue weighted by Gasteiger charge is -2.08. The Hall–Kier alpha value is -0.840. The lowest BCUT2D eigenvalue weighted by molar-refractivity contribution is -0.135. The second-order valence-electron chi connectivity index (χ2n) is 9.13. The van der Waals surface area contributed by atoms with Crippen molar-refractivity contribution < 1.29 is 17.9 Å². The maximum atomic E-state index is 12.0. The summed E-state index contributed by atoms with van der Waals surface area (Å²) >= 11 is 0. The smallest absolute Gasteiger partial charge is 0.389 e. The molecule has 1 aromatic carbocycles. The second kappa shape index (κ2) is 18.6. The molecule has 0 aliphatic carbocycles. The van der Waals surface area contributed by atoms with E-state index in [0.717, 1.165) is 38.0 Å². The highest BCUT2D eigenvalue weighted by atomic mass is 32.2. The lowest BCUT2D eigenvalue weighted by Crippen LogP contribution is -2.06. The molecule has 0 N–H and O–H groups in total. The predicted molar refractivity (Wildman–Crippen MR) is 134 cm³/mol. The summed E-state index contributed by atoms with van der Waals surface area (Å²) in [6.45, 7) is 0.821. The summed E-state index contributed by atoms with van der Waals surface area (Å²) in [6.07, 6.45) is 18.3. The average molecular weight is 476 g/mol. The number of hydrogen-bond donors (Lipinski definition) is 0. The Balaban J connectivity index is 1.79. The monoisotopic (exact) mass is 475 g/mol. The number of ether oxygens (including phenoxy) is 1. The van der Waals surface area contributed by atoms with Gasteiger partial charge in [-0.3, -0.25) is 0 Å². The van der Waals surface area contributed by atoms with Crippen LogP contribution in [-0.2, 0) is 10.9 Å². The van der Waals surface area contributed by atoms with Gasteiger partial charge in [0.15, 0.2) is 10.6 Å². The molecular weight excluding hydrogens is 429 g/mol. The molecule has 0 saturated heterocycles. The van der Waals surface area contributed by atoms with Crippen LogP contribution in [-0.4, -0.2) is 25.3 Å². The van der Waals surface area contributed by atoms with Crippen LogP contribution in [0.3, 0.4) is 0 Å². The Labute approximate surface area is 198 Å². The fraction of sp³-hybridized carbons (Fsp3) is 0.778. The van der Waals surface area contributed by atoms with Gasteiger partial charge in [0.25, 0.3) is 0 Å². The van der Waals surface area contributed by atoms with E-state index in [2.05, 4.69) is 36.8 Å². The number of halogens is 3. The number of rotatable bonds is 20. The molecular formula is C27H46F3OS+. The first-order chi connectivity index (χ1) is 15.4. The van der Waals surface area contributed by atoms with E-state index in [1.54, 1.807) is 0 Å². The van der Waals surface area contributed by atoms with Crippen LogP contribution < -0.4 is 4.74 Å². The molecule has 186 valence electrons. The molecule has 0 aliphatic rings. The summed E-state index contributed by atoms with van der Waals surface area (Å²) in [6, 6.07) is 8.40. The largest absolute Gasteiger partial charge is 0.488 e. The van der Waals surface area contributed by atoms with E-state index < -0.39 is 12.6 Å². The molecule has 0 aromatic heterocycles. The van der Waals surface area contributed by atoms with Gasteiger partial charge in [0.2, 0.25) is 0 Å². The normalized spacial score (nSPS) is 11.9. The highest BCUT2D eigenvalue weighted by molar-refractivity contribution is 7.95. The van der Waals surface area contributed by atoms with Gasteiger partial charge in [0.1, 0.15) is 12.5 Å². The van der Waals surface area contributed by atoms with Crippen LogP contribution in [0.4, 0.5) is 13.2 Å². The first-order valence-electron chi connectivity index (χ1n) is 12.8. The van der Waals surface area contributed by atoms with Crippen LogP contribution in [0.2, 0.25) is 0 Å². The van der Waals surface area contributed by atoms with Crippen molar-refractivity contribution in [3.8, 4) is 5.75 Å². The van der Waals surface area contributed by atoms with E-state index in [1.807, 2.05) is 0 Å². The van der Waals surface area contributed by atoms with Gasteiger partial charge < -0.3 is 4.74 Å². The Kier molecular flexibility index (Phi) is 16.9. The number of alkyl halides is 3. The Morgan fingerprint density at radius 2 is 1.03 bits per heavy atom. The van der Waals surface area contributed by atoms with Crippen molar-refractivity contribution in [3.63, 3.8) is 0 Å². The Bertz CT molecular complexity index is 560. The van der Waals surface area contributed by atoms with Gasteiger partial charge in [0.05, 0.1) is 6.61 Å². The molecule has 1 rings (SSSR count). The van der Waals surface area contributed by atoms with Crippen LogP contribution in [0, 0.1) is 0 Å². The molecule has 0 radical (unpaired) electrons. The molecule has 5 heteroatoms. The van der Waals surface area contributed by atoms with Gasteiger partial charge in [-0.1, -0.05) is 102 Å². The van der Waals surface area contributed by atoms with Crippen molar-refractivity contribution in [1.29, 1.82) is 0 Å². The third-order valence-electron chi connectivity index (χ3n) is 5.90. The standard InChI is InChI=1S/C27H46F3OS/c1-32(2)26-22-18-17-21-25(26)31-24-20-16-14-12-10-8-6-4-3-5-7-9-11-13-15-19-23-27(28,29)30/h17-18,21-22H,3-16,19-20,23-24H2,1-2H3/q+1. The van der Waals surface area contributed by atoms with Gasteiger partial charge in [-0.05, 0) is 25.0 Å². The SMILES string of the molecule is C[S+](C)c1ccccc1OCCCCCCCCCCCCCCCCCCC(F)(F)F. The molecule has 0 spiro atoms. The van der Waals surface area contributed by atoms with E-state index in [9.17, 15) is 13.2 Å². The molecule has 0 heterocycles. The van der Waals surface area contributed by atoms with Gasteiger partial charge in [0, 0.05) is 17.3 Å². The number of hydrogen-bond acceptors (Lipinski definition) is 1. The van der Waals surface area contributed by atoms with E-state index >= 15 is 0 Å². The van der Waals surface area contributed by atoms with Crippen molar-refractivity contribution in [2.24, 2.45) is 0 Å². The molecule has 0 unspecified atom stereocenters. The van der Waals surface area contributed by atoms with Crippen molar-refractivity contribution in [1.82, 2.24) is 0 Å². The van der Waals surface area contributed by atoms with Crippen LogP contribution in [0.5, 0.6) is 5.75 Å². The van der Waals surface area contributed by atoms with Crippen LogP contribution in [0.1, 0.15) is 109 Å². The first kappa shape index (κ1) is 29.2. The number of benzene rings is 1. The van der Waals surface area contributed by atoms with Gasteiger partial charge in [-0.2, -0.15) is 13.2 Å². The summed E-state index contributed by atoms with van der Waals surface area (Å²) in [5.74, 6) is 1.06. The van der Waals surface area contributed by atoms with Crippen molar-refractivity contribution in [2.45, 2.75) is 120 Å². The van der Waals surface area contributed by atoms with Crippen molar-refractivity contribution in [2.75, 3.05) is 19.1 Å². The highest BCUT2D eigenvalue weighted by Crippen LogP contribution is 2.24. The predicted octanol–water partition coefficient (Wildman–Crippen LogP) is 9.50. The van der Waals surface area contributed by atoms with Crippen molar-refractivity contribution >= 4 is 10.9 Å². The fourth-order valence-corrected chi connectivity index (χ4v) is 4.87. The maximum Gasteiger partial charge on any atom is 0.389 e. The quantitative estimate of drug-likeness (QED) is 0.135. The fourth-order valence-electron chi connectivity index (χ4n) is 3.99. The van der Waals surface area contributed by atoms with Crippen molar-refractivity contribution in [3.05, 3.63) is 24.3 Å². The second-order valence-corrected chi connectivity index (χ2v) is 11.2. The molecule has 0 amide bonds. The molecule has 1 nitrogen and oxygen atoms in total. The molecule has 1 aromatic rings. The lowest BCUT2D eigenvalue weighted by atomic mass is 10.0. The van der Waals surface area contributed by atoms with E-state index in [4.69, 9.17) is 4.74 Å². The number of para-hydroxylation sites is 1. The molecule has 0 bridgehead atoms. The minimum Gasteiger partial charge on any atom is -0.488 e. The summed E-state index contributed by atoms with van der Waals surface area (Å²) < 4.78 is 42.1. The summed E-state index contributed by atoms with van der Waals surface area (Å²) in [7, 11) is 0.231. The minimum atomic E-state index is -3.98. The van der Waals surface area contributed by atoms with Crippen LogP contribution in [0.25, 0.3) is 0 Å². The van der Waals surface area contributed by atoms with Gasteiger partial charge >= 0.3 is 6.18 Å². The maximum absolute atomic E-state index is 12.0. The minimum absolute atomic E-state index is 0.231. The van der Waals surface area contributed by atoms with Crippen LogP contribution in [0.15, 0.2) is 29.2 Å². The molecule has 0 atom stereocenters. The third-order valence-corrected chi connectivity index (χ3v) is 7.12. The van der Waals surface area contributed by atoms with E-state index in [0.29, 0.717) is 6.42 Å². The topological polar surface area (TPSA) is 9.23 Å². The van der Waals surface area contributed by atoms with Crippen LogP contribution >= 0.6 is 0 Å². The highest BCUT2D eigenvalue weighted by Gasteiger charge is 2.25. The Morgan fingerprint density at radius 1 is 0.625 bits per heavy atom. The van der Waals surface area contributed by atoms with E-state index in [-0.39, 0.29) is 10.9 Å². The van der Waals surface area contributed by atoms with Gasteiger partial charge in [-0.15, -0.1) is 0 Å². The molecule has 0 fully saturated rings. The Morgan fingerprint density at radius 3 is 1.47 bits per heavy atom. The molecule has 0 aliphatic heterocycles. The molecule has 32 heavy (non-hydrogen) atoms. The zero-order valence-electron chi connectivity index (χ0n) is 20.5. The average Bonchev–Trinajstić information content (AvgIpc) is 2.74.